The standard InChI is InChI=1S/C14H18FNO3/c1-19-10-13(17)8-9-16-14(18)7-4-11-2-5-12(15)6-3-11/h2-7,13,17H,8-10H2,1H3,(H,16,18)/b7-4+. The molecule has 0 spiro atoms. The average molecular weight is 267 g/mol. The number of amides is 1. The summed E-state index contributed by atoms with van der Waals surface area (Å²) in [6.45, 7) is 0.623. The number of ether oxygens (including phenoxy) is 1. The number of hydrogen-bond acceptors (Lipinski definition) is 3. The van der Waals surface area contributed by atoms with Crippen LogP contribution in [-0.2, 0) is 9.53 Å². The maximum absolute atomic E-state index is 12.7. The number of nitrogens with one attached hydrogen (secondary N) is 1. The molecule has 0 bridgehead atoms. The van der Waals surface area contributed by atoms with Gasteiger partial charge in [-0.05, 0) is 30.2 Å². The fourth-order valence-electron chi connectivity index (χ4n) is 1.44. The number of aliphatic hydroxyl groups excluding tert-OH is 1. The van der Waals surface area contributed by atoms with E-state index in [2.05, 4.69) is 5.32 Å². The third-order valence-electron chi connectivity index (χ3n) is 2.43. The Morgan fingerprint density at radius 1 is 1.47 bits per heavy atom. The molecule has 1 amide bonds. The van der Waals surface area contributed by atoms with E-state index >= 15 is 0 Å². The molecule has 0 saturated carbocycles. The summed E-state index contributed by atoms with van der Waals surface area (Å²) < 4.78 is 17.4. The second-order valence-electron chi connectivity index (χ2n) is 4.07. The zero-order chi connectivity index (χ0) is 14.1. The van der Waals surface area contributed by atoms with Crippen molar-refractivity contribution in [2.24, 2.45) is 0 Å². The molecule has 5 heteroatoms. The lowest BCUT2D eigenvalue weighted by Gasteiger charge is -2.08. The molecular weight excluding hydrogens is 249 g/mol. The van der Waals surface area contributed by atoms with Crippen molar-refractivity contribution in [3.63, 3.8) is 0 Å². The number of carbonyl (C=O) groups excluding carboxylic acids is 1. The first-order valence-electron chi connectivity index (χ1n) is 6.00. The Hall–Kier alpha value is -1.72. The number of rotatable bonds is 7. The lowest BCUT2D eigenvalue weighted by molar-refractivity contribution is -0.116. The first-order valence-corrected chi connectivity index (χ1v) is 6.00. The highest BCUT2D eigenvalue weighted by molar-refractivity contribution is 5.91. The fourth-order valence-corrected chi connectivity index (χ4v) is 1.44. The summed E-state index contributed by atoms with van der Waals surface area (Å²) in [6, 6.07) is 5.83. The van der Waals surface area contributed by atoms with E-state index in [1.165, 1.54) is 25.3 Å². The minimum atomic E-state index is -0.577. The first-order chi connectivity index (χ1) is 9.11. The molecule has 0 aliphatic carbocycles. The van der Waals surface area contributed by atoms with Crippen molar-refractivity contribution < 1.29 is 19.0 Å². The minimum absolute atomic E-state index is 0.251. The van der Waals surface area contributed by atoms with Crippen LogP contribution in [0.25, 0.3) is 6.08 Å². The van der Waals surface area contributed by atoms with Crippen molar-refractivity contribution in [1.29, 1.82) is 0 Å². The van der Waals surface area contributed by atoms with Gasteiger partial charge in [-0.25, -0.2) is 4.39 Å². The highest BCUT2D eigenvalue weighted by Crippen LogP contribution is 2.04. The number of carbonyl (C=O) groups is 1. The van der Waals surface area contributed by atoms with Crippen molar-refractivity contribution in [3.8, 4) is 0 Å². The largest absolute Gasteiger partial charge is 0.391 e. The molecule has 1 aromatic rings. The van der Waals surface area contributed by atoms with Crippen molar-refractivity contribution in [3.05, 3.63) is 41.7 Å². The van der Waals surface area contributed by atoms with Gasteiger partial charge < -0.3 is 15.2 Å². The number of benzene rings is 1. The van der Waals surface area contributed by atoms with Crippen LogP contribution in [0.4, 0.5) is 4.39 Å². The van der Waals surface area contributed by atoms with Gasteiger partial charge in [0.2, 0.25) is 5.91 Å². The predicted octanol–water partition coefficient (Wildman–Crippen LogP) is 1.35. The molecule has 0 fully saturated rings. The van der Waals surface area contributed by atoms with E-state index in [1.54, 1.807) is 18.2 Å². The van der Waals surface area contributed by atoms with Crippen LogP contribution in [0.2, 0.25) is 0 Å². The Kier molecular flexibility index (Phi) is 6.78. The van der Waals surface area contributed by atoms with Crippen LogP contribution in [0.15, 0.2) is 30.3 Å². The van der Waals surface area contributed by atoms with E-state index < -0.39 is 6.10 Å². The smallest absolute Gasteiger partial charge is 0.244 e. The SMILES string of the molecule is COCC(O)CCNC(=O)/C=C/c1ccc(F)cc1. The summed E-state index contributed by atoms with van der Waals surface area (Å²) in [5, 5.41) is 12.0. The molecule has 1 unspecified atom stereocenters. The molecule has 104 valence electrons. The maximum atomic E-state index is 12.7. The normalized spacial score (nSPS) is 12.6. The van der Waals surface area contributed by atoms with E-state index in [0.29, 0.717) is 13.0 Å². The summed E-state index contributed by atoms with van der Waals surface area (Å²) >= 11 is 0. The van der Waals surface area contributed by atoms with Gasteiger partial charge >= 0.3 is 0 Å². The van der Waals surface area contributed by atoms with E-state index in [4.69, 9.17) is 4.74 Å². The summed E-state index contributed by atoms with van der Waals surface area (Å²) in [4.78, 5) is 11.4. The van der Waals surface area contributed by atoms with Crippen molar-refractivity contribution >= 4 is 12.0 Å². The van der Waals surface area contributed by atoms with Gasteiger partial charge in [-0.2, -0.15) is 0 Å². The van der Waals surface area contributed by atoms with E-state index in [9.17, 15) is 14.3 Å². The van der Waals surface area contributed by atoms with Crippen LogP contribution in [0.3, 0.4) is 0 Å². The molecule has 0 aromatic heterocycles. The van der Waals surface area contributed by atoms with Crippen LogP contribution in [0.5, 0.6) is 0 Å². The van der Waals surface area contributed by atoms with Crippen molar-refractivity contribution in [2.75, 3.05) is 20.3 Å². The van der Waals surface area contributed by atoms with Crippen LogP contribution in [-0.4, -0.2) is 37.4 Å². The number of methoxy groups -OCH3 is 1. The number of halogens is 1. The molecule has 1 rings (SSSR count). The Morgan fingerprint density at radius 2 is 2.16 bits per heavy atom. The summed E-state index contributed by atoms with van der Waals surface area (Å²) in [7, 11) is 1.51. The zero-order valence-corrected chi connectivity index (χ0v) is 10.8. The van der Waals surface area contributed by atoms with Crippen molar-refractivity contribution in [2.45, 2.75) is 12.5 Å². The monoisotopic (exact) mass is 267 g/mol. The predicted molar refractivity (Wildman–Crippen MR) is 70.9 cm³/mol. The van der Waals surface area contributed by atoms with Gasteiger partial charge in [0, 0.05) is 19.7 Å². The molecule has 2 N–H and O–H groups in total. The minimum Gasteiger partial charge on any atom is -0.391 e. The van der Waals surface area contributed by atoms with Gasteiger partial charge in [-0.15, -0.1) is 0 Å². The Balaban J connectivity index is 2.29. The molecular formula is C14H18FNO3. The molecule has 0 heterocycles. The second kappa shape index (κ2) is 8.39. The van der Waals surface area contributed by atoms with E-state index in [0.717, 1.165) is 5.56 Å². The maximum Gasteiger partial charge on any atom is 0.244 e. The van der Waals surface area contributed by atoms with Gasteiger partial charge in [0.05, 0.1) is 12.7 Å². The molecule has 0 aliphatic heterocycles. The number of hydrogen-bond donors (Lipinski definition) is 2. The molecule has 4 nitrogen and oxygen atoms in total. The molecule has 1 atom stereocenters. The van der Waals surface area contributed by atoms with Gasteiger partial charge in [0.15, 0.2) is 0 Å². The van der Waals surface area contributed by atoms with E-state index in [-0.39, 0.29) is 18.3 Å². The Morgan fingerprint density at radius 3 is 2.79 bits per heavy atom. The van der Waals surface area contributed by atoms with Crippen LogP contribution < -0.4 is 5.32 Å². The van der Waals surface area contributed by atoms with Gasteiger partial charge in [0.25, 0.3) is 0 Å². The molecule has 0 aliphatic rings. The van der Waals surface area contributed by atoms with Gasteiger partial charge in [-0.1, -0.05) is 12.1 Å². The fraction of sp³-hybridized carbons (Fsp3) is 0.357. The molecule has 0 radical (unpaired) electrons. The van der Waals surface area contributed by atoms with Crippen LogP contribution in [0.1, 0.15) is 12.0 Å². The molecule has 0 saturated heterocycles. The quantitative estimate of drug-likeness (QED) is 0.733. The Bertz CT molecular complexity index is 417. The summed E-state index contributed by atoms with van der Waals surface area (Å²) in [5.41, 5.74) is 0.746. The molecule has 19 heavy (non-hydrogen) atoms. The number of aliphatic hydroxyl groups is 1. The third kappa shape index (κ3) is 6.69. The Labute approximate surface area is 111 Å². The zero-order valence-electron chi connectivity index (χ0n) is 10.8. The van der Waals surface area contributed by atoms with Gasteiger partial charge in [0.1, 0.15) is 5.82 Å². The first kappa shape index (κ1) is 15.3. The third-order valence-corrected chi connectivity index (χ3v) is 2.43. The van der Waals surface area contributed by atoms with E-state index in [1.807, 2.05) is 0 Å². The topological polar surface area (TPSA) is 58.6 Å². The average Bonchev–Trinajstić information content (AvgIpc) is 2.38. The highest BCUT2D eigenvalue weighted by atomic mass is 19.1. The van der Waals surface area contributed by atoms with Crippen molar-refractivity contribution in [1.82, 2.24) is 5.32 Å². The second-order valence-corrected chi connectivity index (χ2v) is 4.07. The summed E-state index contributed by atoms with van der Waals surface area (Å²) in [5.74, 6) is -0.567. The molecule has 1 aromatic carbocycles. The summed E-state index contributed by atoms with van der Waals surface area (Å²) in [6.07, 6.45) is 2.83. The van der Waals surface area contributed by atoms with Crippen LogP contribution in [0, 0.1) is 5.82 Å². The lowest BCUT2D eigenvalue weighted by Crippen LogP contribution is -2.27. The van der Waals surface area contributed by atoms with Gasteiger partial charge in [-0.3, -0.25) is 4.79 Å². The highest BCUT2D eigenvalue weighted by Gasteiger charge is 2.03. The lowest BCUT2D eigenvalue weighted by atomic mass is 10.2. The van der Waals surface area contributed by atoms with Crippen LogP contribution >= 0.6 is 0 Å².